The largest absolute Gasteiger partial charge is 0.468 e. The third-order valence-corrected chi connectivity index (χ3v) is 5.87. The molecule has 0 aliphatic carbocycles. The number of carbonyl (C=O) groups is 2. The molecule has 0 radical (unpaired) electrons. The molecule has 8 heteroatoms. The Balaban J connectivity index is 1.84. The molecule has 1 amide bonds. The highest BCUT2D eigenvalue weighted by atomic mass is 32.1. The second-order valence-corrected chi connectivity index (χ2v) is 7.56. The van der Waals surface area contributed by atoms with E-state index in [1.807, 2.05) is 12.3 Å². The lowest BCUT2D eigenvalue weighted by molar-refractivity contribution is -0.145. The number of carbonyl (C=O) groups excluding carboxylic acids is 2. The van der Waals surface area contributed by atoms with Crippen molar-refractivity contribution in [2.24, 2.45) is 5.92 Å². The first kappa shape index (κ1) is 19.4. The highest BCUT2D eigenvalue weighted by Crippen LogP contribution is 2.41. The lowest BCUT2D eigenvalue weighted by Gasteiger charge is -2.27. The molecule has 0 spiro atoms. The molecule has 3 rings (SSSR count). The van der Waals surface area contributed by atoms with E-state index >= 15 is 0 Å². The topological polar surface area (TPSA) is 71.5 Å². The minimum Gasteiger partial charge on any atom is -0.468 e. The normalized spacial score (nSPS) is 22.6. The molecule has 0 unspecified atom stereocenters. The average molecular weight is 391 g/mol. The monoisotopic (exact) mass is 391 g/mol. The number of amides is 1. The summed E-state index contributed by atoms with van der Waals surface area (Å²) in [6.45, 7) is 2.20. The predicted molar refractivity (Wildman–Crippen MR) is 99.5 cm³/mol. The molecule has 1 fully saturated rings. The Morgan fingerprint density at radius 1 is 1.41 bits per heavy atom. The van der Waals surface area contributed by atoms with Crippen molar-refractivity contribution >= 4 is 23.2 Å². The molecule has 1 saturated heterocycles. The number of aryl methyl sites for hydroxylation is 1. The van der Waals surface area contributed by atoms with Crippen LogP contribution in [-0.4, -0.2) is 42.0 Å². The maximum atomic E-state index is 14.4. The van der Waals surface area contributed by atoms with Gasteiger partial charge in [0.25, 0.3) is 0 Å². The standard InChI is InChI=1S/C19H22FN3O3S/c1-11-10-27-16(22-11)9-21-18(24)13-8-15(19(25)26-3)23(2)17(13)12-6-4-5-7-14(12)20/h4-7,10,13,15,17H,8-9H2,1-3H3,(H,21,24)/t13-,15-,17-/m1/s1. The molecular weight excluding hydrogens is 369 g/mol. The van der Waals surface area contributed by atoms with Gasteiger partial charge in [0.1, 0.15) is 16.9 Å². The van der Waals surface area contributed by atoms with E-state index in [2.05, 4.69) is 10.3 Å². The van der Waals surface area contributed by atoms with E-state index in [4.69, 9.17) is 4.74 Å². The van der Waals surface area contributed by atoms with Crippen molar-refractivity contribution in [2.75, 3.05) is 14.2 Å². The van der Waals surface area contributed by atoms with Crippen LogP contribution < -0.4 is 5.32 Å². The zero-order valence-electron chi connectivity index (χ0n) is 15.4. The van der Waals surface area contributed by atoms with Crippen LogP contribution in [0.1, 0.15) is 28.7 Å². The fourth-order valence-electron chi connectivity index (χ4n) is 3.59. The van der Waals surface area contributed by atoms with E-state index in [0.29, 0.717) is 12.1 Å². The number of hydrogen-bond acceptors (Lipinski definition) is 6. The number of benzene rings is 1. The minimum atomic E-state index is -0.600. The first-order valence-corrected chi connectivity index (χ1v) is 9.53. The van der Waals surface area contributed by atoms with Gasteiger partial charge in [-0.05, 0) is 26.5 Å². The Labute approximate surface area is 161 Å². The van der Waals surface area contributed by atoms with Crippen LogP contribution in [0.2, 0.25) is 0 Å². The van der Waals surface area contributed by atoms with Gasteiger partial charge in [0.05, 0.1) is 19.6 Å². The van der Waals surface area contributed by atoms with E-state index in [1.54, 1.807) is 30.1 Å². The fourth-order valence-corrected chi connectivity index (χ4v) is 4.30. The number of nitrogens with one attached hydrogen (secondary N) is 1. The Morgan fingerprint density at radius 2 is 2.15 bits per heavy atom. The molecule has 27 heavy (non-hydrogen) atoms. The first-order chi connectivity index (χ1) is 12.9. The number of hydrogen-bond donors (Lipinski definition) is 1. The number of nitrogens with zero attached hydrogens (tertiary/aromatic N) is 2. The van der Waals surface area contributed by atoms with Gasteiger partial charge in [0.2, 0.25) is 5.91 Å². The summed E-state index contributed by atoms with van der Waals surface area (Å²) in [5, 5.41) is 5.60. The van der Waals surface area contributed by atoms with Gasteiger partial charge in [-0.3, -0.25) is 14.5 Å². The third-order valence-electron chi connectivity index (χ3n) is 4.90. The number of rotatable bonds is 5. The van der Waals surface area contributed by atoms with Crippen LogP contribution in [0.25, 0.3) is 0 Å². The van der Waals surface area contributed by atoms with Gasteiger partial charge in [-0.1, -0.05) is 18.2 Å². The smallest absolute Gasteiger partial charge is 0.323 e. The van der Waals surface area contributed by atoms with Gasteiger partial charge in [-0.15, -0.1) is 11.3 Å². The van der Waals surface area contributed by atoms with E-state index < -0.39 is 29.8 Å². The number of likely N-dealkylation sites (tertiary alicyclic amines) is 1. The zero-order chi connectivity index (χ0) is 19.6. The molecule has 1 aliphatic rings. The van der Waals surface area contributed by atoms with Crippen LogP contribution >= 0.6 is 11.3 Å². The predicted octanol–water partition coefficient (Wildman–Crippen LogP) is 2.44. The van der Waals surface area contributed by atoms with Crippen molar-refractivity contribution in [3.63, 3.8) is 0 Å². The average Bonchev–Trinajstić information content (AvgIpc) is 3.23. The van der Waals surface area contributed by atoms with Crippen molar-refractivity contribution in [1.82, 2.24) is 15.2 Å². The molecule has 6 nitrogen and oxygen atoms in total. The van der Waals surface area contributed by atoms with Crippen molar-refractivity contribution < 1.29 is 18.7 Å². The molecule has 1 aromatic heterocycles. The molecule has 0 saturated carbocycles. The summed E-state index contributed by atoms with van der Waals surface area (Å²) in [7, 11) is 3.03. The number of esters is 1. The quantitative estimate of drug-likeness (QED) is 0.793. The fraction of sp³-hybridized carbons (Fsp3) is 0.421. The van der Waals surface area contributed by atoms with Crippen LogP contribution in [0, 0.1) is 18.7 Å². The van der Waals surface area contributed by atoms with Gasteiger partial charge >= 0.3 is 5.97 Å². The Morgan fingerprint density at radius 3 is 2.78 bits per heavy atom. The number of halogens is 1. The molecular formula is C19H22FN3O3S. The van der Waals surface area contributed by atoms with Crippen LogP contribution in [0.5, 0.6) is 0 Å². The van der Waals surface area contributed by atoms with Gasteiger partial charge in [-0.2, -0.15) is 0 Å². The van der Waals surface area contributed by atoms with E-state index in [9.17, 15) is 14.0 Å². The van der Waals surface area contributed by atoms with Gasteiger partial charge in [0.15, 0.2) is 0 Å². The van der Waals surface area contributed by atoms with Crippen molar-refractivity contribution in [3.8, 4) is 0 Å². The number of methoxy groups -OCH3 is 1. The van der Waals surface area contributed by atoms with Crippen molar-refractivity contribution in [2.45, 2.75) is 32.0 Å². The minimum absolute atomic E-state index is 0.227. The van der Waals surface area contributed by atoms with E-state index in [1.165, 1.54) is 24.5 Å². The molecule has 144 valence electrons. The highest BCUT2D eigenvalue weighted by Gasteiger charge is 2.47. The summed E-state index contributed by atoms with van der Waals surface area (Å²) in [6.07, 6.45) is 0.269. The second kappa shape index (κ2) is 8.14. The molecule has 2 heterocycles. The SMILES string of the molecule is COC(=O)[C@H]1C[C@@H](C(=O)NCc2nc(C)cs2)[C@@H](c2ccccc2F)N1C. The summed E-state index contributed by atoms with van der Waals surface area (Å²) in [6, 6.07) is 5.20. The Hall–Kier alpha value is -2.32. The lowest BCUT2D eigenvalue weighted by atomic mass is 9.92. The summed E-state index contributed by atoms with van der Waals surface area (Å²) in [5.41, 5.74) is 1.30. The van der Waals surface area contributed by atoms with E-state index in [0.717, 1.165) is 10.7 Å². The van der Waals surface area contributed by atoms with Crippen LogP contribution in [0.3, 0.4) is 0 Å². The third kappa shape index (κ3) is 4.01. The first-order valence-electron chi connectivity index (χ1n) is 8.65. The number of ether oxygens (including phenoxy) is 1. The number of aromatic nitrogens is 1. The highest BCUT2D eigenvalue weighted by molar-refractivity contribution is 7.09. The summed E-state index contributed by atoms with van der Waals surface area (Å²) < 4.78 is 19.3. The molecule has 3 atom stereocenters. The van der Waals surface area contributed by atoms with Crippen LogP contribution in [-0.2, 0) is 20.9 Å². The zero-order valence-corrected chi connectivity index (χ0v) is 16.3. The Bertz CT molecular complexity index is 841. The van der Waals surface area contributed by atoms with E-state index in [-0.39, 0.29) is 12.3 Å². The molecule has 1 N–H and O–H groups in total. The maximum Gasteiger partial charge on any atom is 0.323 e. The Kier molecular flexibility index (Phi) is 5.86. The summed E-state index contributed by atoms with van der Waals surface area (Å²) >= 11 is 1.47. The molecule has 1 aliphatic heterocycles. The lowest BCUT2D eigenvalue weighted by Crippen LogP contribution is -2.36. The summed E-state index contributed by atoms with van der Waals surface area (Å²) in [4.78, 5) is 31.1. The summed E-state index contributed by atoms with van der Waals surface area (Å²) in [5.74, 6) is -1.62. The molecule has 0 bridgehead atoms. The van der Waals surface area contributed by atoms with Gasteiger partial charge in [0, 0.05) is 22.7 Å². The van der Waals surface area contributed by atoms with Crippen LogP contribution in [0.4, 0.5) is 4.39 Å². The van der Waals surface area contributed by atoms with Gasteiger partial charge < -0.3 is 10.1 Å². The molecule has 2 aromatic rings. The molecule has 1 aromatic carbocycles. The van der Waals surface area contributed by atoms with Gasteiger partial charge in [-0.25, -0.2) is 9.37 Å². The van der Waals surface area contributed by atoms with Crippen LogP contribution in [0.15, 0.2) is 29.6 Å². The van der Waals surface area contributed by atoms with Crippen molar-refractivity contribution in [3.05, 3.63) is 51.7 Å². The second-order valence-electron chi connectivity index (χ2n) is 6.61. The van der Waals surface area contributed by atoms with Crippen molar-refractivity contribution in [1.29, 1.82) is 0 Å². The number of likely N-dealkylation sites (N-methyl/N-ethyl adjacent to an activating group) is 1. The number of thiazole rings is 1. The maximum absolute atomic E-state index is 14.4.